The molecule has 4 heteroatoms. The van der Waals surface area contributed by atoms with E-state index in [4.69, 9.17) is 9.47 Å². The van der Waals surface area contributed by atoms with Gasteiger partial charge in [0.1, 0.15) is 0 Å². The topological polar surface area (TPSA) is 52.6 Å². The number of carbonyl (C=O) groups excluding carboxylic acids is 2. The van der Waals surface area contributed by atoms with Crippen LogP contribution in [0, 0.1) is 22.2 Å². The first-order valence-electron chi connectivity index (χ1n) is 9.93. The summed E-state index contributed by atoms with van der Waals surface area (Å²) >= 11 is 0. The molecule has 0 aliphatic heterocycles. The van der Waals surface area contributed by atoms with Gasteiger partial charge in [0.25, 0.3) is 0 Å². The van der Waals surface area contributed by atoms with Gasteiger partial charge in [-0.25, -0.2) is 0 Å². The smallest absolute Gasteiger partial charge is 0.306 e. The molecule has 0 amide bonds. The maximum atomic E-state index is 12.1. The molecule has 4 nitrogen and oxygen atoms in total. The Hall–Kier alpha value is -1.06. The van der Waals surface area contributed by atoms with Crippen LogP contribution in [0.4, 0.5) is 0 Å². The molecule has 0 aromatic heterocycles. The summed E-state index contributed by atoms with van der Waals surface area (Å²) in [5, 5.41) is 0. The van der Waals surface area contributed by atoms with Crippen molar-refractivity contribution >= 4 is 11.9 Å². The zero-order valence-corrected chi connectivity index (χ0v) is 18.7. The van der Waals surface area contributed by atoms with Gasteiger partial charge in [-0.05, 0) is 36.0 Å². The van der Waals surface area contributed by atoms with Gasteiger partial charge in [0.2, 0.25) is 0 Å². The Morgan fingerprint density at radius 1 is 0.769 bits per heavy atom. The third kappa shape index (κ3) is 14.1. The van der Waals surface area contributed by atoms with Crippen LogP contribution in [-0.2, 0) is 19.1 Å². The number of hydrogen-bond donors (Lipinski definition) is 0. The van der Waals surface area contributed by atoms with E-state index in [1.165, 1.54) is 0 Å². The van der Waals surface area contributed by atoms with E-state index in [0.29, 0.717) is 19.1 Å². The molecule has 0 bridgehead atoms. The van der Waals surface area contributed by atoms with Crippen molar-refractivity contribution in [1.29, 1.82) is 0 Å². The van der Waals surface area contributed by atoms with Crippen LogP contribution in [0.1, 0.15) is 94.4 Å². The molecule has 0 N–H and O–H groups in total. The van der Waals surface area contributed by atoms with Crippen LogP contribution >= 0.6 is 0 Å². The molecule has 0 rings (SSSR count). The van der Waals surface area contributed by atoms with E-state index in [1.54, 1.807) is 0 Å². The van der Waals surface area contributed by atoms with E-state index in [-0.39, 0.29) is 41.0 Å². The second kappa shape index (κ2) is 10.3. The van der Waals surface area contributed by atoms with Crippen molar-refractivity contribution in [3.8, 4) is 0 Å². The average Bonchev–Trinajstić information content (AvgIpc) is 2.44. The number of esters is 2. The summed E-state index contributed by atoms with van der Waals surface area (Å²) in [5.41, 5.74) is 0.363. The predicted octanol–water partition coefficient (Wildman–Crippen LogP) is 5.78. The van der Waals surface area contributed by atoms with Crippen LogP contribution in [0.15, 0.2) is 0 Å². The van der Waals surface area contributed by atoms with Gasteiger partial charge >= 0.3 is 11.9 Å². The summed E-state index contributed by atoms with van der Waals surface area (Å²) in [4.78, 5) is 23.7. The fourth-order valence-electron chi connectivity index (χ4n) is 3.03. The minimum atomic E-state index is -0.333. The third-order valence-electron chi connectivity index (χ3n) is 4.13. The van der Waals surface area contributed by atoms with Gasteiger partial charge in [-0.15, -0.1) is 0 Å². The first kappa shape index (κ1) is 24.9. The highest BCUT2D eigenvalue weighted by Gasteiger charge is 2.32. The molecule has 1 unspecified atom stereocenters. The molecule has 0 radical (unpaired) electrons. The maximum Gasteiger partial charge on any atom is 0.306 e. The monoisotopic (exact) mass is 370 g/mol. The summed E-state index contributed by atoms with van der Waals surface area (Å²) in [5.74, 6) is -0.352. The molecule has 0 heterocycles. The standard InChI is InChI=1S/C22H42O4/c1-17(2)14-25-18(23)10-11-19(24)26-16-22(9,15-21(6,7)8)13-12-20(3,4)5/h17H,10-16H2,1-9H3. The van der Waals surface area contributed by atoms with Crippen molar-refractivity contribution in [2.24, 2.45) is 22.2 Å². The summed E-state index contributed by atoms with van der Waals surface area (Å²) < 4.78 is 10.6. The number of ether oxygens (including phenoxy) is 2. The van der Waals surface area contributed by atoms with Crippen molar-refractivity contribution in [2.75, 3.05) is 13.2 Å². The molecule has 154 valence electrons. The fourth-order valence-corrected chi connectivity index (χ4v) is 3.03. The molecular weight excluding hydrogens is 328 g/mol. The Labute approximate surface area is 161 Å². The highest BCUT2D eigenvalue weighted by Crippen LogP contribution is 2.40. The summed E-state index contributed by atoms with van der Waals surface area (Å²) in [6, 6.07) is 0. The molecule has 0 spiro atoms. The van der Waals surface area contributed by atoms with Crippen molar-refractivity contribution in [2.45, 2.75) is 94.4 Å². The van der Waals surface area contributed by atoms with Crippen LogP contribution in [0.3, 0.4) is 0 Å². The minimum absolute atomic E-state index is 0.0562. The first-order chi connectivity index (χ1) is 11.6. The van der Waals surface area contributed by atoms with Crippen molar-refractivity contribution < 1.29 is 19.1 Å². The summed E-state index contributed by atoms with van der Waals surface area (Å²) in [7, 11) is 0. The molecule has 0 saturated carbocycles. The summed E-state index contributed by atoms with van der Waals surface area (Å²) in [6.07, 6.45) is 3.25. The van der Waals surface area contributed by atoms with Crippen LogP contribution in [0.25, 0.3) is 0 Å². The molecule has 0 aliphatic carbocycles. The predicted molar refractivity (Wildman–Crippen MR) is 107 cm³/mol. The molecule has 26 heavy (non-hydrogen) atoms. The van der Waals surface area contributed by atoms with Gasteiger partial charge in [0, 0.05) is 5.41 Å². The molecule has 0 aromatic carbocycles. The molecular formula is C22H42O4. The number of hydrogen-bond acceptors (Lipinski definition) is 4. The number of rotatable bonds is 10. The fraction of sp³-hybridized carbons (Fsp3) is 0.909. The largest absolute Gasteiger partial charge is 0.465 e. The Morgan fingerprint density at radius 2 is 1.27 bits per heavy atom. The lowest BCUT2D eigenvalue weighted by molar-refractivity contribution is -0.153. The highest BCUT2D eigenvalue weighted by molar-refractivity contribution is 5.77. The van der Waals surface area contributed by atoms with Gasteiger partial charge < -0.3 is 9.47 Å². The van der Waals surface area contributed by atoms with E-state index >= 15 is 0 Å². The van der Waals surface area contributed by atoms with Crippen LogP contribution in [0.5, 0.6) is 0 Å². The minimum Gasteiger partial charge on any atom is -0.465 e. The van der Waals surface area contributed by atoms with E-state index < -0.39 is 0 Å². The maximum absolute atomic E-state index is 12.1. The molecule has 0 aliphatic rings. The van der Waals surface area contributed by atoms with Gasteiger partial charge in [-0.1, -0.05) is 62.3 Å². The second-order valence-corrected chi connectivity index (χ2v) is 10.8. The van der Waals surface area contributed by atoms with Gasteiger partial charge in [0.15, 0.2) is 0 Å². The quantitative estimate of drug-likeness (QED) is 0.458. The SMILES string of the molecule is CC(C)COC(=O)CCC(=O)OCC(C)(CCC(C)(C)C)CC(C)(C)C. The average molecular weight is 371 g/mol. The van der Waals surface area contributed by atoms with E-state index in [1.807, 2.05) is 13.8 Å². The molecule has 0 aromatic rings. The molecule has 0 saturated heterocycles. The molecule has 1 atom stereocenters. The lowest BCUT2D eigenvalue weighted by Gasteiger charge is -2.37. The number of carbonyl (C=O) groups is 2. The van der Waals surface area contributed by atoms with E-state index in [9.17, 15) is 9.59 Å². The van der Waals surface area contributed by atoms with Crippen molar-refractivity contribution in [3.05, 3.63) is 0 Å². The van der Waals surface area contributed by atoms with Gasteiger partial charge in [0.05, 0.1) is 26.1 Å². The lowest BCUT2D eigenvalue weighted by atomic mass is 9.70. The Kier molecular flexibility index (Phi) is 9.90. The van der Waals surface area contributed by atoms with Gasteiger partial charge in [-0.2, -0.15) is 0 Å². The van der Waals surface area contributed by atoms with Crippen molar-refractivity contribution in [1.82, 2.24) is 0 Å². The second-order valence-electron chi connectivity index (χ2n) is 10.8. The van der Waals surface area contributed by atoms with E-state index in [2.05, 4.69) is 48.5 Å². The third-order valence-corrected chi connectivity index (χ3v) is 4.13. The Balaban J connectivity index is 4.53. The Bertz CT molecular complexity index is 440. The van der Waals surface area contributed by atoms with E-state index in [0.717, 1.165) is 19.3 Å². The zero-order valence-electron chi connectivity index (χ0n) is 18.7. The lowest BCUT2D eigenvalue weighted by Crippen LogP contribution is -2.31. The zero-order chi connectivity index (χ0) is 20.6. The van der Waals surface area contributed by atoms with Crippen LogP contribution in [-0.4, -0.2) is 25.2 Å². The first-order valence-corrected chi connectivity index (χ1v) is 9.93. The highest BCUT2D eigenvalue weighted by atomic mass is 16.5. The van der Waals surface area contributed by atoms with Gasteiger partial charge in [-0.3, -0.25) is 9.59 Å². The Morgan fingerprint density at radius 3 is 1.69 bits per heavy atom. The normalized spacial score (nSPS) is 14.8. The molecule has 0 fully saturated rings. The van der Waals surface area contributed by atoms with Crippen LogP contribution in [0.2, 0.25) is 0 Å². The van der Waals surface area contributed by atoms with Crippen molar-refractivity contribution in [3.63, 3.8) is 0 Å². The summed E-state index contributed by atoms with van der Waals surface area (Å²) in [6.45, 7) is 20.3. The van der Waals surface area contributed by atoms with Crippen LogP contribution < -0.4 is 0 Å².